The number of aliphatic hydroxyl groups is 1. The van der Waals surface area contributed by atoms with Crippen molar-refractivity contribution in [3.8, 4) is 0 Å². The average Bonchev–Trinajstić information content (AvgIpc) is 3.39. The summed E-state index contributed by atoms with van der Waals surface area (Å²) in [4.78, 5) is 24.6. The molecule has 0 aromatic carbocycles. The zero-order valence-corrected chi connectivity index (χ0v) is 48.9. The third kappa shape index (κ3) is 62.0. The molecule has 0 saturated heterocycles. The van der Waals surface area contributed by atoms with Gasteiger partial charge in [0.2, 0.25) is 0 Å². The van der Waals surface area contributed by atoms with Gasteiger partial charge < -0.3 is 14.6 Å². The molecular weight excluding hydrogens is 897 g/mol. The highest BCUT2D eigenvalue weighted by atomic mass is 16.6. The second-order valence-corrected chi connectivity index (χ2v) is 21.8. The minimum Gasteiger partial charge on any atom is -0.462 e. The Kier molecular flexibility index (Phi) is 61.8. The van der Waals surface area contributed by atoms with Crippen molar-refractivity contribution < 1.29 is 24.2 Å². The smallest absolute Gasteiger partial charge is 0.306 e. The van der Waals surface area contributed by atoms with Gasteiger partial charge in [0.1, 0.15) is 6.61 Å². The van der Waals surface area contributed by atoms with E-state index in [1.165, 1.54) is 244 Å². The maximum absolute atomic E-state index is 12.3. The minimum atomic E-state index is -0.777. The molecule has 0 radical (unpaired) electrons. The number of hydrogen-bond donors (Lipinski definition) is 1. The van der Waals surface area contributed by atoms with E-state index in [-0.39, 0.29) is 25.2 Å². The molecule has 1 atom stereocenters. The fourth-order valence-corrected chi connectivity index (χ4v) is 9.76. The summed E-state index contributed by atoms with van der Waals surface area (Å²) < 4.78 is 10.7. The third-order valence-electron chi connectivity index (χ3n) is 14.6. The van der Waals surface area contributed by atoms with Crippen molar-refractivity contribution >= 4 is 11.9 Å². The highest BCUT2D eigenvalue weighted by molar-refractivity contribution is 5.70. The molecule has 426 valence electrons. The summed E-state index contributed by atoms with van der Waals surface area (Å²) in [5.41, 5.74) is 0. The van der Waals surface area contributed by atoms with Crippen LogP contribution >= 0.6 is 0 Å². The molecule has 0 aromatic rings. The molecule has 73 heavy (non-hydrogen) atoms. The van der Waals surface area contributed by atoms with Gasteiger partial charge in [-0.05, 0) is 57.8 Å². The predicted octanol–water partition coefficient (Wildman–Crippen LogP) is 22.1. The van der Waals surface area contributed by atoms with Crippen LogP contribution in [-0.2, 0) is 19.1 Å². The lowest BCUT2D eigenvalue weighted by atomic mass is 10.0. The van der Waals surface area contributed by atoms with Crippen LogP contribution in [0.25, 0.3) is 0 Å². The molecule has 0 spiro atoms. The molecule has 0 bridgehead atoms. The predicted molar refractivity (Wildman–Crippen MR) is 320 cm³/mol. The summed E-state index contributed by atoms with van der Waals surface area (Å²) in [6.45, 7) is 4.07. The van der Waals surface area contributed by atoms with Crippen LogP contribution in [0.3, 0.4) is 0 Å². The van der Waals surface area contributed by atoms with Gasteiger partial charge in [-0.25, -0.2) is 0 Å². The van der Waals surface area contributed by atoms with E-state index < -0.39 is 6.10 Å². The van der Waals surface area contributed by atoms with E-state index in [4.69, 9.17) is 9.47 Å². The number of unbranched alkanes of at least 4 members (excludes halogenated alkanes) is 42. The number of ether oxygens (including phenoxy) is 2. The number of rotatable bonds is 60. The maximum atomic E-state index is 12.3. The molecule has 1 unspecified atom stereocenters. The van der Waals surface area contributed by atoms with Gasteiger partial charge in [0.15, 0.2) is 6.10 Å². The largest absolute Gasteiger partial charge is 0.462 e. The Balaban J connectivity index is 3.42. The van der Waals surface area contributed by atoms with Crippen molar-refractivity contribution in [1.29, 1.82) is 0 Å². The molecule has 0 aliphatic heterocycles. The van der Waals surface area contributed by atoms with Crippen LogP contribution < -0.4 is 0 Å². The van der Waals surface area contributed by atoms with Crippen LogP contribution in [0.4, 0.5) is 0 Å². The number of carbonyl (C=O) groups excluding carboxylic acids is 2. The van der Waals surface area contributed by atoms with Crippen LogP contribution in [0.5, 0.6) is 0 Å². The monoisotopic (exact) mass is 1020 g/mol. The first kappa shape index (κ1) is 70.6. The van der Waals surface area contributed by atoms with E-state index in [1.807, 2.05) is 0 Å². The molecule has 0 aliphatic rings. The Hall–Kier alpha value is -2.40. The first-order valence-corrected chi connectivity index (χ1v) is 32.3. The van der Waals surface area contributed by atoms with Gasteiger partial charge >= 0.3 is 11.9 Å². The van der Waals surface area contributed by atoms with Crippen molar-refractivity contribution in [1.82, 2.24) is 0 Å². The van der Waals surface area contributed by atoms with Crippen molar-refractivity contribution in [3.63, 3.8) is 0 Å². The lowest BCUT2D eigenvalue weighted by Gasteiger charge is -2.15. The van der Waals surface area contributed by atoms with E-state index in [9.17, 15) is 14.7 Å². The maximum Gasteiger partial charge on any atom is 0.306 e. The summed E-state index contributed by atoms with van der Waals surface area (Å²) in [6.07, 6.45) is 86.7. The van der Waals surface area contributed by atoms with Gasteiger partial charge in [-0.2, -0.15) is 0 Å². The quantitative estimate of drug-likeness (QED) is 0.0373. The molecule has 0 amide bonds. The Labute approximate surface area is 455 Å². The van der Waals surface area contributed by atoms with Gasteiger partial charge in [0.25, 0.3) is 0 Å². The number of esters is 2. The van der Waals surface area contributed by atoms with Crippen molar-refractivity contribution in [3.05, 3.63) is 60.8 Å². The van der Waals surface area contributed by atoms with Gasteiger partial charge in [-0.3, -0.25) is 9.59 Å². The highest BCUT2D eigenvalue weighted by Gasteiger charge is 2.16. The molecule has 0 fully saturated rings. The zero-order valence-electron chi connectivity index (χ0n) is 48.9. The standard InChI is InChI=1S/C68H124O5/c1-3-5-7-9-11-13-15-17-19-21-23-25-27-29-30-31-32-33-34-35-36-37-39-40-42-44-46-48-50-52-54-56-58-60-62-67(70)72-65-66(64-69)73-68(71)63-61-59-57-55-53-51-49-47-45-43-41-38-28-26-24-22-20-18-16-14-12-10-8-6-4-2/h6,8,12,14,18,20,24,26,38,41,66,69H,3-5,7,9-11,13,15-17,19,21-23,25,27-37,39-40,42-65H2,1-2H3/b8-6-,14-12-,20-18-,26-24-,41-38-. The topological polar surface area (TPSA) is 72.8 Å². The number of hydrogen-bond acceptors (Lipinski definition) is 5. The molecule has 0 saturated carbocycles. The van der Waals surface area contributed by atoms with Crippen LogP contribution in [-0.4, -0.2) is 36.4 Å². The van der Waals surface area contributed by atoms with Gasteiger partial charge in [0, 0.05) is 12.8 Å². The summed E-state index contributed by atoms with van der Waals surface area (Å²) in [7, 11) is 0. The molecular formula is C68H124O5. The molecule has 0 heterocycles. The fraction of sp³-hybridized carbons (Fsp3) is 0.824. The van der Waals surface area contributed by atoms with Gasteiger partial charge in [-0.15, -0.1) is 0 Å². The normalized spacial score (nSPS) is 12.5. The lowest BCUT2D eigenvalue weighted by Crippen LogP contribution is -2.28. The number of allylic oxidation sites excluding steroid dienone is 10. The van der Waals surface area contributed by atoms with E-state index in [2.05, 4.69) is 74.6 Å². The number of carbonyl (C=O) groups is 2. The molecule has 0 aliphatic carbocycles. The average molecular weight is 1020 g/mol. The van der Waals surface area contributed by atoms with Crippen LogP contribution in [0.2, 0.25) is 0 Å². The zero-order chi connectivity index (χ0) is 52.7. The lowest BCUT2D eigenvalue weighted by molar-refractivity contribution is -0.161. The SMILES string of the molecule is CC/C=C\C/C=C\C/C=C\C/C=C\C/C=C\CCCCCCCCCCCC(=O)OC(CO)COC(=O)CCCCCCCCCCCCCCCCCCCCCCCCCCCCCCCCCCCC. The van der Waals surface area contributed by atoms with E-state index >= 15 is 0 Å². The van der Waals surface area contributed by atoms with E-state index in [0.29, 0.717) is 12.8 Å². The summed E-state index contributed by atoms with van der Waals surface area (Å²) in [5.74, 6) is -0.583. The first-order valence-electron chi connectivity index (χ1n) is 32.3. The highest BCUT2D eigenvalue weighted by Crippen LogP contribution is 2.18. The molecule has 1 N–H and O–H groups in total. The number of aliphatic hydroxyl groups excluding tert-OH is 1. The summed E-state index contributed by atoms with van der Waals surface area (Å²) >= 11 is 0. The Morgan fingerprint density at radius 3 is 0.890 bits per heavy atom. The minimum absolute atomic E-state index is 0.0664. The third-order valence-corrected chi connectivity index (χ3v) is 14.6. The fourth-order valence-electron chi connectivity index (χ4n) is 9.76. The molecule has 0 rings (SSSR count). The van der Waals surface area contributed by atoms with Crippen molar-refractivity contribution in [2.45, 2.75) is 347 Å². The van der Waals surface area contributed by atoms with Crippen molar-refractivity contribution in [2.24, 2.45) is 0 Å². The van der Waals surface area contributed by atoms with Crippen molar-refractivity contribution in [2.75, 3.05) is 13.2 Å². The van der Waals surface area contributed by atoms with Crippen LogP contribution in [0.15, 0.2) is 60.8 Å². The second kappa shape index (κ2) is 63.9. The first-order chi connectivity index (χ1) is 36.1. The van der Waals surface area contributed by atoms with Gasteiger partial charge in [0.05, 0.1) is 6.61 Å². The van der Waals surface area contributed by atoms with Crippen LogP contribution in [0, 0.1) is 0 Å². The van der Waals surface area contributed by atoms with E-state index in [1.54, 1.807) is 0 Å². The molecule has 5 nitrogen and oxygen atoms in total. The van der Waals surface area contributed by atoms with Crippen LogP contribution in [0.1, 0.15) is 341 Å². The Bertz CT molecular complexity index is 1250. The molecule has 0 aromatic heterocycles. The Morgan fingerprint density at radius 2 is 0.589 bits per heavy atom. The second-order valence-electron chi connectivity index (χ2n) is 21.8. The van der Waals surface area contributed by atoms with Gasteiger partial charge in [-0.1, -0.05) is 331 Å². The van der Waals surface area contributed by atoms with E-state index in [0.717, 1.165) is 70.6 Å². The summed E-state index contributed by atoms with van der Waals surface area (Å²) in [6, 6.07) is 0. The molecule has 5 heteroatoms. The Morgan fingerprint density at radius 1 is 0.329 bits per heavy atom. The summed E-state index contributed by atoms with van der Waals surface area (Å²) in [5, 5.41) is 9.68.